The SMILES string of the molecule is COC(C)CCC(=O)NCc1cc(Br)cs1. The van der Waals surface area contributed by atoms with E-state index in [0.717, 1.165) is 15.8 Å². The fourth-order valence-corrected chi connectivity index (χ4v) is 2.56. The maximum atomic E-state index is 11.5. The zero-order valence-electron chi connectivity index (χ0n) is 9.46. The normalized spacial score (nSPS) is 12.4. The highest BCUT2D eigenvalue weighted by atomic mass is 79.9. The highest BCUT2D eigenvalue weighted by molar-refractivity contribution is 9.10. The number of carbonyl (C=O) groups is 1. The minimum absolute atomic E-state index is 0.0772. The molecule has 90 valence electrons. The van der Waals surface area contributed by atoms with E-state index < -0.39 is 0 Å². The van der Waals surface area contributed by atoms with Crippen LogP contribution >= 0.6 is 27.3 Å². The molecule has 0 fully saturated rings. The molecule has 1 unspecified atom stereocenters. The molecular formula is C11H16BrNO2S. The van der Waals surface area contributed by atoms with Gasteiger partial charge in [0.05, 0.1) is 12.6 Å². The molecule has 1 N–H and O–H groups in total. The smallest absolute Gasteiger partial charge is 0.220 e. The Morgan fingerprint density at radius 2 is 2.44 bits per heavy atom. The maximum absolute atomic E-state index is 11.5. The number of rotatable bonds is 6. The van der Waals surface area contributed by atoms with E-state index in [1.54, 1.807) is 18.4 Å². The van der Waals surface area contributed by atoms with Gasteiger partial charge >= 0.3 is 0 Å². The topological polar surface area (TPSA) is 38.3 Å². The Labute approximate surface area is 108 Å². The van der Waals surface area contributed by atoms with E-state index in [9.17, 15) is 4.79 Å². The first kappa shape index (κ1) is 13.7. The molecule has 0 aliphatic rings. The Morgan fingerprint density at radius 1 is 1.69 bits per heavy atom. The zero-order valence-corrected chi connectivity index (χ0v) is 11.9. The van der Waals surface area contributed by atoms with Gasteiger partial charge in [0.15, 0.2) is 0 Å². The summed E-state index contributed by atoms with van der Waals surface area (Å²) >= 11 is 5.01. The maximum Gasteiger partial charge on any atom is 0.220 e. The van der Waals surface area contributed by atoms with E-state index in [4.69, 9.17) is 4.74 Å². The molecule has 0 aromatic carbocycles. The molecule has 1 atom stereocenters. The fourth-order valence-electron chi connectivity index (χ4n) is 1.17. The summed E-state index contributed by atoms with van der Waals surface area (Å²) in [6, 6.07) is 2.02. The lowest BCUT2D eigenvalue weighted by Crippen LogP contribution is -2.23. The molecule has 5 heteroatoms. The van der Waals surface area contributed by atoms with Crippen molar-refractivity contribution in [2.75, 3.05) is 7.11 Å². The summed E-state index contributed by atoms with van der Waals surface area (Å²) in [6.45, 7) is 2.57. The molecule has 1 amide bonds. The van der Waals surface area contributed by atoms with Gasteiger partial charge in [-0.3, -0.25) is 4.79 Å². The van der Waals surface area contributed by atoms with Crippen molar-refractivity contribution in [3.8, 4) is 0 Å². The molecule has 1 aromatic rings. The predicted octanol–water partition coefficient (Wildman–Crippen LogP) is 2.94. The predicted molar refractivity (Wildman–Crippen MR) is 69.6 cm³/mol. The molecule has 0 bridgehead atoms. The van der Waals surface area contributed by atoms with Crippen LogP contribution in [0, 0.1) is 0 Å². The van der Waals surface area contributed by atoms with E-state index in [1.165, 1.54) is 0 Å². The van der Waals surface area contributed by atoms with Crippen LogP contribution in [-0.4, -0.2) is 19.1 Å². The number of amides is 1. The second-order valence-electron chi connectivity index (χ2n) is 3.59. The molecule has 1 heterocycles. The Kier molecular flexibility index (Phi) is 6.01. The van der Waals surface area contributed by atoms with Crippen molar-refractivity contribution in [2.45, 2.75) is 32.4 Å². The summed E-state index contributed by atoms with van der Waals surface area (Å²) in [5, 5.41) is 4.90. The number of thiophene rings is 1. The Balaban J connectivity index is 2.20. The van der Waals surface area contributed by atoms with Gasteiger partial charge in [0, 0.05) is 28.3 Å². The lowest BCUT2D eigenvalue weighted by Gasteiger charge is -2.08. The second-order valence-corrected chi connectivity index (χ2v) is 5.50. The van der Waals surface area contributed by atoms with Gasteiger partial charge in [0.2, 0.25) is 5.91 Å². The van der Waals surface area contributed by atoms with Gasteiger partial charge in [0.1, 0.15) is 0 Å². The van der Waals surface area contributed by atoms with Crippen LogP contribution in [0.1, 0.15) is 24.6 Å². The number of halogens is 1. The standard InChI is InChI=1S/C11H16BrNO2S/c1-8(15-2)3-4-11(14)13-6-10-5-9(12)7-16-10/h5,7-8H,3-4,6H2,1-2H3,(H,13,14). The summed E-state index contributed by atoms with van der Waals surface area (Å²) in [5.74, 6) is 0.0772. The van der Waals surface area contributed by atoms with Crippen molar-refractivity contribution in [3.05, 3.63) is 20.8 Å². The van der Waals surface area contributed by atoms with E-state index in [-0.39, 0.29) is 12.0 Å². The molecule has 0 saturated carbocycles. The molecule has 0 spiro atoms. The van der Waals surface area contributed by atoms with Crippen molar-refractivity contribution in [1.29, 1.82) is 0 Å². The number of nitrogens with one attached hydrogen (secondary N) is 1. The third-order valence-electron chi connectivity index (χ3n) is 2.26. The highest BCUT2D eigenvalue weighted by Gasteiger charge is 2.06. The quantitative estimate of drug-likeness (QED) is 0.877. The van der Waals surface area contributed by atoms with Gasteiger partial charge in [-0.15, -0.1) is 11.3 Å². The van der Waals surface area contributed by atoms with E-state index in [1.807, 2.05) is 18.4 Å². The number of carbonyl (C=O) groups excluding carboxylic acids is 1. The Bertz CT molecular complexity index is 340. The average molecular weight is 306 g/mol. The molecule has 0 saturated heterocycles. The molecule has 0 aliphatic carbocycles. The van der Waals surface area contributed by atoms with Crippen LogP contribution in [-0.2, 0) is 16.1 Å². The van der Waals surface area contributed by atoms with Crippen LogP contribution in [0.25, 0.3) is 0 Å². The summed E-state index contributed by atoms with van der Waals surface area (Å²) in [4.78, 5) is 12.6. The average Bonchev–Trinajstić information content (AvgIpc) is 2.69. The van der Waals surface area contributed by atoms with Gasteiger partial charge < -0.3 is 10.1 Å². The zero-order chi connectivity index (χ0) is 12.0. The monoisotopic (exact) mass is 305 g/mol. The number of methoxy groups -OCH3 is 1. The third kappa shape index (κ3) is 5.09. The fraction of sp³-hybridized carbons (Fsp3) is 0.545. The third-order valence-corrected chi connectivity index (χ3v) is 3.96. The minimum atomic E-state index is 0.0772. The van der Waals surface area contributed by atoms with E-state index >= 15 is 0 Å². The van der Waals surface area contributed by atoms with Gasteiger partial charge in [-0.2, -0.15) is 0 Å². The molecule has 3 nitrogen and oxygen atoms in total. The van der Waals surface area contributed by atoms with Crippen LogP contribution in [0.15, 0.2) is 15.9 Å². The van der Waals surface area contributed by atoms with Crippen molar-refractivity contribution < 1.29 is 9.53 Å². The van der Waals surface area contributed by atoms with Crippen molar-refractivity contribution in [1.82, 2.24) is 5.32 Å². The Hall–Kier alpha value is -0.390. The molecule has 1 aromatic heterocycles. The van der Waals surface area contributed by atoms with Gasteiger partial charge in [-0.25, -0.2) is 0 Å². The van der Waals surface area contributed by atoms with E-state index in [2.05, 4.69) is 21.2 Å². The van der Waals surface area contributed by atoms with Crippen molar-refractivity contribution in [2.24, 2.45) is 0 Å². The molecular weight excluding hydrogens is 290 g/mol. The minimum Gasteiger partial charge on any atom is -0.382 e. The first-order valence-electron chi connectivity index (χ1n) is 5.14. The molecule has 16 heavy (non-hydrogen) atoms. The summed E-state index contributed by atoms with van der Waals surface area (Å²) < 4.78 is 6.15. The summed E-state index contributed by atoms with van der Waals surface area (Å²) in [5.41, 5.74) is 0. The van der Waals surface area contributed by atoms with Crippen molar-refractivity contribution >= 4 is 33.2 Å². The van der Waals surface area contributed by atoms with Crippen LogP contribution in [0.2, 0.25) is 0 Å². The lowest BCUT2D eigenvalue weighted by molar-refractivity contribution is -0.121. The van der Waals surface area contributed by atoms with Gasteiger partial charge in [-0.05, 0) is 35.3 Å². The molecule has 0 radical (unpaired) electrons. The van der Waals surface area contributed by atoms with Crippen LogP contribution in [0.3, 0.4) is 0 Å². The first-order valence-corrected chi connectivity index (χ1v) is 6.81. The molecule has 0 aliphatic heterocycles. The highest BCUT2D eigenvalue weighted by Crippen LogP contribution is 2.19. The van der Waals surface area contributed by atoms with Crippen LogP contribution in [0.5, 0.6) is 0 Å². The van der Waals surface area contributed by atoms with Crippen molar-refractivity contribution in [3.63, 3.8) is 0 Å². The van der Waals surface area contributed by atoms with Crippen LogP contribution in [0.4, 0.5) is 0 Å². The summed E-state index contributed by atoms with van der Waals surface area (Å²) in [6.07, 6.45) is 1.42. The summed E-state index contributed by atoms with van der Waals surface area (Å²) in [7, 11) is 1.66. The van der Waals surface area contributed by atoms with E-state index in [0.29, 0.717) is 13.0 Å². The molecule has 1 rings (SSSR count). The second kappa shape index (κ2) is 7.04. The number of hydrogen-bond donors (Lipinski definition) is 1. The Morgan fingerprint density at radius 3 is 3.00 bits per heavy atom. The first-order chi connectivity index (χ1) is 7.61. The van der Waals surface area contributed by atoms with Gasteiger partial charge in [-0.1, -0.05) is 0 Å². The number of ether oxygens (including phenoxy) is 1. The van der Waals surface area contributed by atoms with Gasteiger partial charge in [0.25, 0.3) is 0 Å². The largest absolute Gasteiger partial charge is 0.382 e. The lowest BCUT2D eigenvalue weighted by atomic mass is 10.2. The van der Waals surface area contributed by atoms with Crippen LogP contribution < -0.4 is 5.32 Å². The number of hydrogen-bond acceptors (Lipinski definition) is 3.